The normalized spacial score (nSPS) is 18.9. The van der Waals surface area contributed by atoms with Crippen molar-refractivity contribution >= 4 is 41.0 Å². The summed E-state index contributed by atoms with van der Waals surface area (Å²) < 4.78 is 22.7. The number of benzene rings is 1. The molecule has 0 radical (unpaired) electrons. The Morgan fingerprint density at radius 1 is 0.964 bits per heavy atom. The van der Waals surface area contributed by atoms with E-state index in [4.69, 9.17) is 30.6 Å². The molecule has 1 fully saturated rings. The third-order valence-electron chi connectivity index (χ3n) is 10.8. The summed E-state index contributed by atoms with van der Waals surface area (Å²) in [5.41, 5.74) is 1.52. The molecule has 14 heteroatoms. The molecule has 1 aliphatic rings. The van der Waals surface area contributed by atoms with E-state index in [2.05, 4.69) is 63.6 Å². The number of hydrogen-bond donors (Lipinski definition) is 2. The van der Waals surface area contributed by atoms with Gasteiger partial charge in [0.25, 0.3) is 5.69 Å². The first-order chi connectivity index (χ1) is 26.0. The highest BCUT2D eigenvalue weighted by molar-refractivity contribution is 5.96. The standard InChI is InChI=1S/C42H60N6O8/c1-15-55-31-17-16-25(20-30(31)44-38(51)42(9,10)11)35-45-36-27(21-26-28(40(3,4)5)18-24(2)19-29(26)41(6,7)8)34(43-12)37(48(36)46-35)56-39(52)47(22-32(49)53-13)23-33(50)54-14/h16-17,20,24,26,28-29H,15,18-19,21-23H2,1-11,13-14H3,(H,44,51)(H,45,46). The molecule has 0 spiro atoms. The Morgan fingerprint density at radius 3 is 2.02 bits per heavy atom. The predicted molar refractivity (Wildman–Crippen MR) is 214 cm³/mol. The van der Waals surface area contributed by atoms with E-state index in [9.17, 15) is 19.2 Å². The molecule has 3 aromatic rings. The second-order valence-electron chi connectivity index (χ2n) is 18.1. The number of aromatic amines is 1. The zero-order chi connectivity index (χ0) is 41.9. The molecule has 2 amide bonds. The van der Waals surface area contributed by atoms with Gasteiger partial charge >= 0.3 is 18.0 Å². The summed E-state index contributed by atoms with van der Waals surface area (Å²) in [6.45, 7) is 30.9. The van der Waals surface area contributed by atoms with Gasteiger partial charge in [-0.05, 0) is 78.9 Å². The third kappa shape index (κ3) is 9.84. The number of esters is 2. The number of carbonyl (C=O) groups is 4. The molecule has 2 heterocycles. The zero-order valence-corrected chi connectivity index (χ0v) is 35.3. The number of methoxy groups -OCH3 is 2. The van der Waals surface area contributed by atoms with Crippen molar-refractivity contribution in [2.45, 2.75) is 95.4 Å². The Balaban J connectivity index is 1.96. The van der Waals surface area contributed by atoms with Gasteiger partial charge in [-0.2, -0.15) is 4.52 Å². The van der Waals surface area contributed by atoms with E-state index < -0.39 is 36.5 Å². The first-order valence-electron chi connectivity index (χ1n) is 19.2. The van der Waals surface area contributed by atoms with Gasteiger partial charge in [0, 0.05) is 16.5 Å². The maximum absolute atomic E-state index is 13.8. The molecule has 4 rings (SSSR count). The number of nitrogens with zero attached hydrogens (tertiary/aromatic N) is 4. The van der Waals surface area contributed by atoms with Crippen molar-refractivity contribution in [3.63, 3.8) is 0 Å². The average Bonchev–Trinajstić information content (AvgIpc) is 3.65. The van der Waals surface area contributed by atoms with Crippen LogP contribution in [0.4, 0.5) is 16.2 Å². The van der Waals surface area contributed by atoms with Crippen LogP contribution < -0.4 is 14.8 Å². The van der Waals surface area contributed by atoms with Gasteiger partial charge in [0.05, 0.1) is 33.1 Å². The third-order valence-corrected chi connectivity index (χ3v) is 10.8. The quantitative estimate of drug-likeness (QED) is 0.144. The fraction of sp³-hybridized carbons (Fsp3) is 0.619. The van der Waals surface area contributed by atoms with Crippen molar-refractivity contribution in [3.05, 3.63) is 35.2 Å². The maximum atomic E-state index is 13.8. The zero-order valence-electron chi connectivity index (χ0n) is 35.3. The summed E-state index contributed by atoms with van der Waals surface area (Å²) >= 11 is 0. The number of nitrogens with one attached hydrogen (secondary N) is 2. The number of rotatable bonds is 11. The van der Waals surface area contributed by atoms with E-state index >= 15 is 0 Å². The Bertz CT molecular complexity index is 1930. The Morgan fingerprint density at radius 2 is 1.54 bits per heavy atom. The summed E-state index contributed by atoms with van der Waals surface area (Å²) in [4.78, 5) is 59.7. The van der Waals surface area contributed by atoms with Gasteiger partial charge in [-0.3, -0.25) is 19.3 Å². The van der Waals surface area contributed by atoms with Gasteiger partial charge in [0.15, 0.2) is 5.82 Å². The number of fused-ring (bicyclic) bond motifs is 1. The maximum Gasteiger partial charge on any atom is 0.416 e. The van der Waals surface area contributed by atoms with E-state index in [1.54, 1.807) is 18.2 Å². The molecular formula is C42H60N6O8. The van der Waals surface area contributed by atoms with Gasteiger partial charge in [-0.25, -0.2) is 9.64 Å². The van der Waals surface area contributed by atoms with Crippen LogP contribution in [-0.4, -0.2) is 77.4 Å². The van der Waals surface area contributed by atoms with Crippen LogP contribution in [-0.2, 0) is 30.3 Å². The Kier molecular flexibility index (Phi) is 13.2. The minimum atomic E-state index is -1.07. The predicted octanol–water partition coefficient (Wildman–Crippen LogP) is 8.32. The fourth-order valence-electron chi connectivity index (χ4n) is 7.81. The molecule has 1 saturated carbocycles. The van der Waals surface area contributed by atoms with Gasteiger partial charge in [0.1, 0.15) is 24.5 Å². The van der Waals surface area contributed by atoms with Crippen LogP contribution in [0.2, 0.25) is 0 Å². The van der Waals surface area contributed by atoms with Crippen LogP contribution in [0.5, 0.6) is 11.6 Å². The smallest absolute Gasteiger partial charge is 0.416 e. The summed E-state index contributed by atoms with van der Waals surface area (Å²) in [5.74, 6) is 0.252. The summed E-state index contributed by atoms with van der Waals surface area (Å²) in [6, 6.07) is 5.32. The van der Waals surface area contributed by atoms with Gasteiger partial charge in [0.2, 0.25) is 11.8 Å². The largest absolute Gasteiger partial charge is 0.492 e. The summed E-state index contributed by atoms with van der Waals surface area (Å²) in [7, 11) is 2.33. The molecule has 0 aliphatic heterocycles. The van der Waals surface area contributed by atoms with Crippen molar-refractivity contribution in [1.29, 1.82) is 0 Å². The van der Waals surface area contributed by atoms with Gasteiger partial charge in [-0.15, -0.1) is 5.10 Å². The second-order valence-corrected chi connectivity index (χ2v) is 18.1. The van der Waals surface area contributed by atoms with Crippen molar-refractivity contribution in [3.8, 4) is 23.0 Å². The van der Waals surface area contributed by atoms with Crippen LogP contribution >= 0.6 is 0 Å². The highest BCUT2D eigenvalue weighted by Gasteiger charge is 2.46. The van der Waals surface area contributed by atoms with E-state index in [0.29, 0.717) is 64.8 Å². The molecule has 2 aromatic heterocycles. The van der Waals surface area contributed by atoms with Crippen LogP contribution in [0.15, 0.2) is 18.2 Å². The molecule has 2 N–H and O–H groups in total. The van der Waals surface area contributed by atoms with E-state index in [0.717, 1.165) is 32.0 Å². The molecule has 0 bridgehead atoms. The molecule has 2 atom stereocenters. The minimum Gasteiger partial charge on any atom is -0.492 e. The van der Waals surface area contributed by atoms with Crippen LogP contribution in [0.3, 0.4) is 0 Å². The van der Waals surface area contributed by atoms with Gasteiger partial charge < -0.3 is 29.2 Å². The molecule has 0 saturated heterocycles. The second kappa shape index (κ2) is 17.0. The molecule has 14 nitrogen and oxygen atoms in total. The van der Waals surface area contributed by atoms with E-state index in [1.165, 1.54) is 4.52 Å². The minimum absolute atomic E-state index is 0.0348. The topological polar surface area (TPSA) is 158 Å². The SMILES string of the molecule is [C-]#[N+]c1c(CC2C(C(C)(C)C)CC(C)CC2C(C)(C)C)c2[nH]c(-c3ccc(OCC)c(NC(=O)C(C)(C)C)c3)nn2c1OC(=O)N(CC(=O)OC)CC(=O)OC. The Labute approximate surface area is 330 Å². The number of ether oxygens (including phenoxy) is 4. The number of hydrogen-bond acceptors (Lipinski definition) is 9. The Hall–Kier alpha value is -5.06. The average molecular weight is 777 g/mol. The molecule has 1 aliphatic carbocycles. The molecule has 2 unspecified atom stereocenters. The molecule has 306 valence electrons. The molecule has 1 aromatic carbocycles. The first-order valence-corrected chi connectivity index (χ1v) is 19.2. The summed E-state index contributed by atoms with van der Waals surface area (Å²) in [5, 5.41) is 7.84. The number of H-pyrrole nitrogens is 1. The van der Waals surface area contributed by atoms with Crippen LogP contribution in [0, 0.1) is 46.5 Å². The van der Waals surface area contributed by atoms with Gasteiger partial charge in [-0.1, -0.05) is 69.2 Å². The van der Waals surface area contributed by atoms with Crippen molar-refractivity contribution in [2.75, 3.05) is 39.2 Å². The highest BCUT2D eigenvalue weighted by atomic mass is 16.6. The van der Waals surface area contributed by atoms with Crippen LogP contribution in [0.25, 0.3) is 21.9 Å². The lowest BCUT2D eigenvalue weighted by molar-refractivity contribution is -0.144. The monoisotopic (exact) mass is 776 g/mol. The van der Waals surface area contributed by atoms with E-state index in [1.807, 2.05) is 27.7 Å². The lowest BCUT2D eigenvalue weighted by Gasteiger charge is -2.51. The fourth-order valence-corrected chi connectivity index (χ4v) is 7.81. The lowest BCUT2D eigenvalue weighted by atomic mass is 9.54. The first kappa shape index (κ1) is 43.7. The lowest BCUT2D eigenvalue weighted by Crippen LogP contribution is -2.44. The summed E-state index contributed by atoms with van der Waals surface area (Å²) in [6.07, 6.45) is 1.50. The number of amides is 2. The van der Waals surface area contributed by atoms with E-state index in [-0.39, 0.29) is 34.2 Å². The van der Waals surface area contributed by atoms with Crippen molar-refractivity contribution in [2.24, 2.45) is 39.9 Å². The van der Waals surface area contributed by atoms with Crippen molar-refractivity contribution in [1.82, 2.24) is 19.5 Å². The molecular weight excluding hydrogens is 716 g/mol. The van der Waals surface area contributed by atoms with Crippen LogP contribution in [0.1, 0.15) is 94.6 Å². The number of carbonyl (C=O) groups excluding carboxylic acids is 4. The van der Waals surface area contributed by atoms with Crippen molar-refractivity contribution < 1.29 is 38.1 Å². The highest BCUT2D eigenvalue weighted by Crippen LogP contribution is 2.54. The number of anilines is 1. The molecule has 56 heavy (non-hydrogen) atoms. The number of aromatic nitrogens is 3.